The van der Waals surface area contributed by atoms with Crippen molar-refractivity contribution >= 4 is 35.2 Å². The Balaban J connectivity index is 1.12. The second-order valence-corrected chi connectivity index (χ2v) is 15.8. The van der Waals surface area contributed by atoms with Crippen LogP contribution >= 0.6 is 0 Å². The first-order valence-corrected chi connectivity index (χ1v) is 19.5. The van der Waals surface area contributed by atoms with Crippen molar-refractivity contribution in [3.8, 4) is 17.2 Å². The maximum absolute atomic E-state index is 14.0. The molecule has 2 aromatic rings. The molecule has 3 aliphatic carbocycles. The predicted octanol–water partition coefficient (Wildman–Crippen LogP) is 0.377. The number of urea groups is 1. The zero-order chi connectivity index (χ0) is 41.8. The van der Waals surface area contributed by atoms with E-state index in [0.29, 0.717) is 0 Å². The number of fused-ring (bicyclic) bond motifs is 3. The zero-order valence-corrected chi connectivity index (χ0v) is 32.1. The molecular formula is C40H48N4O14. The van der Waals surface area contributed by atoms with Crippen LogP contribution in [0.5, 0.6) is 17.2 Å². The average Bonchev–Trinajstić information content (AvgIpc) is 3.18. The number of benzene rings is 2. The molecule has 7 rings (SSSR count). The summed E-state index contributed by atoms with van der Waals surface area (Å²) >= 11 is 0. The normalized spacial score (nSPS) is 28.6. The van der Waals surface area contributed by atoms with Gasteiger partial charge in [0.15, 0.2) is 17.9 Å². The van der Waals surface area contributed by atoms with E-state index in [1.807, 2.05) is 0 Å². The lowest BCUT2D eigenvalue weighted by Crippen LogP contribution is -2.65. The van der Waals surface area contributed by atoms with Crippen LogP contribution in [0.1, 0.15) is 107 Å². The molecule has 5 aliphatic rings. The van der Waals surface area contributed by atoms with Gasteiger partial charge in [-0.25, -0.2) is 4.79 Å². The molecule has 0 unspecified atom stereocenters. The molecule has 2 aliphatic heterocycles. The molecule has 312 valence electrons. The lowest BCUT2D eigenvalue weighted by Gasteiger charge is -2.44. The number of Topliss-reactive ketones (excluding diaryl/α,β-unsaturated/α-hetero) is 1. The van der Waals surface area contributed by atoms with Gasteiger partial charge in [-0.3, -0.25) is 29.3 Å². The first kappa shape index (κ1) is 41.2. The van der Waals surface area contributed by atoms with Gasteiger partial charge in [0, 0.05) is 42.5 Å². The average molecular weight is 809 g/mol. The van der Waals surface area contributed by atoms with Crippen molar-refractivity contribution in [1.29, 1.82) is 0 Å². The summed E-state index contributed by atoms with van der Waals surface area (Å²) in [7, 11) is 1.30. The zero-order valence-electron chi connectivity index (χ0n) is 32.1. The maximum atomic E-state index is 14.0. The Morgan fingerprint density at radius 1 is 1.03 bits per heavy atom. The number of nitrogens with two attached hydrogens (primary N) is 1. The van der Waals surface area contributed by atoms with Crippen molar-refractivity contribution < 1.29 is 68.5 Å². The number of imide groups is 1. The Morgan fingerprint density at radius 2 is 1.74 bits per heavy atom. The SMILES string of the molecule is COc1cccc2c1C(=O)c1c(O)c3c(c(O)c1C2=O)C[C@@](O)(C(=O)CO)C[C@@H]3O[C@@H]1C[C@H](NC(=O)[C@@H]2CCN2C(=O)NC(=O)[C@@H](N)C2CCCCC2)[C@H](O)[C@H](C)O1. The number of carbonyl (C=O) groups is 6. The number of phenols is 2. The van der Waals surface area contributed by atoms with E-state index in [1.165, 1.54) is 37.1 Å². The van der Waals surface area contributed by atoms with E-state index in [0.717, 1.165) is 32.1 Å². The van der Waals surface area contributed by atoms with Gasteiger partial charge >= 0.3 is 6.03 Å². The number of aliphatic hydroxyl groups excluding tert-OH is 2. The Morgan fingerprint density at radius 3 is 2.40 bits per heavy atom. The number of nitrogens with one attached hydrogen (secondary N) is 2. The number of hydrogen-bond acceptors (Lipinski definition) is 15. The molecule has 0 aromatic heterocycles. The molecule has 58 heavy (non-hydrogen) atoms. The Bertz CT molecular complexity index is 2050. The number of amides is 4. The summed E-state index contributed by atoms with van der Waals surface area (Å²) in [6.07, 6.45) is -1.76. The molecule has 8 atom stereocenters. The number of carbonyl (C=O) groups excluding carboxylic acids is 6. The lowest BCUT2D eigenvalue weighted by molar-refractivity contribution is -0.249. The highest BCUT2D eigenvalue weighted by molar-refractivity contribution is 6.31. The van der Waals surface area contributed by atoms with Gasteiger partial charge in [0.1, 0.15) is 41.6 Å². The summed E-state index contributed by atoms with van der Waals surface area (Å²) in [4.78, 5) is 81.3. The topological polar surface area (TPSA) is 285 Å². The molecule has 2 heterocycles. The van der Waals surface area contributed by atoms with E-state index in [4.69, 9.17) is 19.9 Å². The Hall–Kier alpha value is -4.98. The van der Waals surface area contributed by atoms with Crippen molar-refractivity contribution in [3.63, 3.8) is 0 Å². The van der Waals surface area contributed by atoms with E-state index in [2.05, 4.69) is 10.6 Å². The second kappa shape index (κ2) is 16.0. The third kappa shape index (κ3) is 7.11. The number of nitrogens with zero attached hydrogens (tertiary/aromatic N) is 1. The molecule has 0 spiro atoms. The van der Waals surface area contributed by atoms with E-state index in [1.54, 1.807) is 0 Å². The van der Waals surface area contributed by atoms with Gasteiger partial charge in [-0.15, -0.1) is 0 Å². The van der Waals surface area contributed by atoms with Crippen LogP contribution in [-0.4, -0.2) is 128 Å². The monoisotopic (exact) mass is 808 g/mol. The fraction of sp³-hybridized carbons (Fsp3) is 0.550. The van der Waals surface area contributed by atoms with Gasteiger partial charge in [0.25, 0.3) is 0 Å². The number of phenolic OH excluding ortho intramolecular Hbond substituents is 2. The Kier molecular flexibility index (Phi) is 11.4. The van der Waals surface area contributed by atoms with Crippen LogP contribution in [0, 0.1) is 5.92 Å². The smallest absolute Gasteiger partial charge is 0.324 e. The highest BCUT2D eigenvalue weighted by atomic mass is 16.7. The molecule has 3 fully saturated rings. The minimum atomic E-state index is -2.38. The number of likely N-dealkylation sites (tertiary alicyclic amines) is 1. The summed E-state index contributed by atoms with van der Waals surface area (Å²) < 4.78 is 17.5. The number of rotatable bonds is 9. The third-order valence-corrected chi connectivity index (χ3v) is 12.4. The van der Waals surface area contributed by atoms with Crippen LogP contribution in [-0.2, 0) is 30.3 Å². The summed E-state index contributed by atoms with van der Waals surface area (Å²) in [5.41, 5.74) is 1.94. The molecule has 1 saturated carbocycles. The number of ether oxygens (including phenoxy) is 3. The van der Waals surface area contributed by atoms with E-state index in [9.17, 15) is 54.3 Å². The van der Waals surface area contributed by atoms with Gasteiger partial charge in [-0.2, -0.15) is 0 Å². The fourth-order valence-electron chi connectivity index (χ4n) is 9.01. The van der Waals surface area contributed by atoms with Gasteiger partial charge < -0.3 is 55.7 Å². The van der Waals surface area contributed by atoms with Crippen molar-refractivity contribution in [1.82, 2.24) is 15.5 Å². The minimum absolute atomic E-state index is 0.0384. The molecule has 18 nitrogen and oxygen atoms in total. The van der Waals surface area contributed by atoms with Gasteiger partial charge in [0.2, 0.25) is 17.6 Å². The highest BCUT2D eigenvalue weighted by Crippen LogP contribution is 2.52. The van der Waals surface area contributed by atoms with Crippen molar-refractivity contribution in [3.05, 3.63) is 51.6 Å². The molecule has 2 saturated heterocycles. The number of ketones is 3. The van der Waals surface area contributed by atoms with E-state index >= 15 is 0 Å². The highest BCUT2D eigenvalue weighted by Gasteiger charge is 2.51. The number of methoxy groups -OCH3 is 1. The van der Waals surface area contributed by atoms with E-state index in [-0.39, 0.29) is 53.3 Å². The van der Waals surface area contributed by atoms with E-state index < -0.39 is 126 Å². The molecule has 0 bridgehead atoms. The third-order valence-electron chi connectivity index (χ3n) is 12.4. The molecular weight excluding hydrogens is 760 g/mol. The van der Waals surface area contributed by atoms with Crippen molar-refractivity contribution in [2.24, 2.45) is 11.7 Å². The summed E-state index contributed by atoms with van der Waals surface area (Å²) in [5, 5.41) is 60.9. The van der Waals surface area contributed by atoms with Crippen molar-refractivity contribution in [2.75, 3.05) is 20.3 Å². The van der Waals surface area contributed by atoms with Crippen LogP contribution in [0.3, 0.4) is 0 Å². The number of aromatic hydroxyl groups is 2. The van der Waals surface area contributed by atoms with Gasteiger partial charge in [-0.05, 0) is 38.2 Å². The first-order valence-electron chi connectivity index (χ1n) is 19.5. The minimum Gasteiger partial charge on any atom is -0.507 e. The van der Waals surface area contributed by atoms with Crippen LogP contribution in [0.4, 0.5) is 4.79 Å². The fourth-order valence-corrected chi connectivity index (χ4v) is 9.01. The lowest BCUT2D eigenvalue weighted by atomic mass is 9.72. The quantitative estimate of drug-likeness (QED) is 0.136. The first-order chi connectivity index (χ1) is 27.6. The summed E-state index contributed by atoms with van der Waals surface area (Å²) in [6.45, 7) is 0.589. The predicted molar refractivity (Wildman–Crippen MR) is 199 cm³/mol. The van der Waals surface area contributed by atoms with Crippen LogP contribution in [0.25, 0.3) is 0 Å². The van der Waals surface area contributed by atoms with Crippen LogP contribution in [0.15, 0.2) is 18.2 Å². The van der Waals surface area contributed by atoms with Crippen LogP contribution in [0.2, 0.25) is 0 Å². The summed E-state index contributed by atoms with van der Waals surface area (Å²) in [5.74, 6) is -5.48. The standard InChI is InChI=1S/C40H48N4O14/c1-17-32(47)21(42-37(52)22-11-12-44(22)39(54)43-38(53)31(41)18-7-4-3-5-8-18)13-26(57-17)58-24-15-40(55,25(46)16-45)14-20-28(24)36(51)30-29(34(20)49)33(48)19-9-6-10-23(56-2)27(19)35(30)50/h6,9-10,17-18,21-22,24,26,31-32,45,47,49,51,55H,3-5,7-8,11-16,41H2,1-2H3,(H,42,52)(H,43,53,54)/t17-,21-,22-,24-,26+,31-,32+,40-/m0/s1. The second-order valence-electron chi connectivity index (χ2n) is 15.8. The molecule has 18 heteroatoms. The summed E-state index contributed by atoms with van der Waals surface area (Å²) in [6, 6.07) is 0.646. The number of hydrogen-bond donors (Lipinski definition) is 8. The molecule has 9 N–H and O–H groups in total. The van der Waals surface area contributed by atoms with Gasteiger partial charge in [-0.1, -0.05) is 31.4 Å². The number of aliphatic hydroxyl groups is 3. The molecule has 2 aromatic carbocycles. The van der Waals surface area contributed by atoms with Crippen molar-refractivity contribution in [2.45, 2.75) is 113 Å². The maximum Gasteiger partial charge on any atom is 0.324 e. The molecule has 0 radical (unpaired) electrons. The van der Waals surface area contributed by atoms with Crippen LogP contribution < -0.4 is 21.1 Å². The largest absolute Gasteiger partial charge is 0.507 e. The van der Waals surface area contributed by atoms with Gasteiger partial charge in [0.05, 0.1) is 48.1 Å². The Labute approximate surface area is 332 Å². The molecule has 4 amide bonds.